The predicted octanol–water partition coefficient (Wildman–Crippen LogP) is 1.20. The van der Waals surface area contributed by atoms with Crippen molar-refractivity contribution < 1.29 is 4.74 Å². The fraction of sp³-hybridized carbons (Fsp3) is 0.692. The lowest BCUT2D eigenvalue weighted by molar-refractivity contribution is 0.196. The maximum atomic E-state index is 5.03. The Morgan fingerprint density at radius 1 is 1.39 bits per heavy atom. The molecule has 5 nitrogen and oxygen atoms in total. The largest absolute Gasteiger partial charge is 0.385 e. The quantitative estimate of drug-likeness (QED) is 0.703. The molecular formula is C13H22N4O. The summed E-state index contributed by atoms with van der Waals surface area (Å²) in [5, 5.41) is 3.45. The van der Waals surface area contributed by atoms with E-state index in [0.717, 1.165) is 43.7 Å². The van der Waals surface area contributed by atoms with Crippen LogP contribution >= 0.6 is 0 Å². The van der Waals surface area contributed by atoms with Gasteiger partial charge in [-0.1, -0.05) is 0 Å². The lowest BCUT2D eigenvalue weighted by Crippen LogP contribution is -2.22. The van der Waals surface area contributed by atoms with Gasteiger partial charge in [0.15, 0.2) is 0 Å². The van der Waals surface area contributed by atoms with Gasteiger partial charge in [0.1, 0.15) is 0 Å². The lowest BCUT2D eigenvalue weighted by Gasteiger charge is -2.16. The van der Waals surface area contributed by atoms with Gasteiger partial charge >= 0.3 is 0 Å². The molecule has 0 aliphatic heterocycles. The van der Waals surface area contributed by atoms with Crippen LogP contribution in [0, 0.1) is 0 Å². The van der Waals surface area contributed by atoms with E-state index in [-0.39, 0.29) is 0 Å². The van der Waals surface area contributed by atoms with Crippen molar-refractivity contribution in [2.24, 2.45) is 0 Å². The molecule has 0 spiro atoms. The Morgan fingerprint density at radius 3 is 2.72 bits per heavy atom. The molecule has 1 aromatic heterocycles. The van der Waals surface area contributed by atoms with Gasteiger partial charge in [-0.3, -0.25) is 0 Å². The summed E-state index contributed by atoms with van der Waals surface area (Å²) >= 11 is 0. The smallest absolute Gasteiger partial charge is 0.224 e. The first kappa shape index (κ1) is 13.2. The first-order valence-electron chi connectivity index (χ1n) is 6.54. The summed E-state index contributed by atoms with van der Waals surface area (Å²) in [6.07, 6.45) is 7.42. The van der Waals surface area contributed by atoms with E-state index in [2.05, 4.69) is 20.2 Å². The highest BCUT2D eigenvalue weighted by Gasteiger charge is 2.19. The van der Waals surface area contributed by atoms with Crippen molar-refractivity contribution in [3.05, 3.63) is 18.0 Å². The third-order valence-corrected chi connectivity index (χ3v) is 3.05. The second-order valence-electron chi connectivity index (χ2n) is 4.81. The number of anilines is 1. The van der Waals surface area contributed by atoms with Gasteiger partial charge in [0.2, 0.25) is 5.95 Å². The maximum Gasteiger partial charge on any atom is 0.224 e. The van der Waals surface area contributed by atoms with Crippen molar-refractivity contribution in [1.82, 2.24) is 15.3 Å². The molecule has 100 valence electrons. The molecule has 0 atom stereocenters. The van der Waals surface area contributed by atoms with Crippen LogP contribution < -0.4 is 10.2 Å². The minimum atomic E-state index is 0.724. The third-order valence-electron chi connectivity index (χ3n) is 3.05. The lowest BCUT2D eigenvalue weighted by atomic mass is 10.3. The van der Waals surface area contributed by atoms with E-state index in [4.69, 9.17) is 4.74 Å². The van der Waals surface area contributed by atoms with Gasteiger partial charge in [0.05, 0.1) is 0 Å². The molecule has 1 aliphatic carbocycles. The van der Waals surface area contributed by atoms with Crippen LogP contribution in [0.2, 0.25) is 0 Å². The van der Waals surface area contributed by atoms with Gasteiger partial charge in [-0.2, -0.15) is 0 Å². The zero-order chi connectivity index (χ0) is 12.8. The average molecular weight is 250 g/mol. The van der Waals surface area contributed by atoms with Crippen molar-refractivity contribution in [3.8, 4) is 0 Å². The molecule has 0 radical (unpaired) electrons. The molecule has 18 heavy (non-hydrogen) atoms. The van der Waals surface area contributed by atoms with Crippen molar-refractivity contribution >= 4 is 5.95 Å². The van der Waals surface area contributed by atoms with Gasteiger partial charge < -0.3 is 15.0 Å². The van der Waals surface area contributed by atoms with Gasteiger partial charge in [0.25, 0.3) is 0 Å². The highest BCUT2D eigenvalue weighted by Crippen LogP contribution is 2.19. The van der Waals surface area contributed by atoms with E-state index < -0.39 is 0 Å². The minimum absolute atomic E-state index is 0.724. The van der Waals surface area contributed by atoms with Gasteiger partial charge in [-0.15, -0.1) is 0 Å². The van der Waals surface area contributed by atoms with Crippen molar-refractivity contribution in [1.29, 1.82) is 0 Å². The minimum Gasteiger partial charge on any atom is -0.385 e. The summed E-state index contributed by atoms with van der Waals surface area (Å²) in [6, 6.07) is 0.724. The highest BCUT2D eigenvalue weighted by atomic mass is 16.5. The third kappa shape index (κ3) is 4.23. The summed E-state index contributed by atoms with van der Waals surface area (Å²) in [5.74, 6) is 0.779. The molecule has 1 fully saturated rings. The fourth-order valence-corrected chi connectivity index (χ4v) is 1.73. The molecule has 5 heteroatoms. The molecule has 1 heterocycles. The maximum absolute atomic E-state index is 5.03. The van der Waals surface area contributed by atoms with Gasteiger partial charge in [0, 0.05) is 57.9 Å². The van der Waals surface area contributed by atoms with Crippen LogP contribution in [-0.4, -0.2) is 43.3 Å². The van der Waals surface area contributed by atoms with Crippen LogP contribution in [0.5, 0.6) is 0 Å². The number of nitrogens with one attached hydrogen (secondary N) is 1. The Bertz CT molecular complexity index is 351. The monoisotopic (exact) mass is 250 g/mol. The number of ether oxygens (including phenoxy) is 1. The Kier molecular flexibility index (Phi) is 4.90. The number of methoxy groups -OCH3 is 1. The van der Waals surface area contributed by atoms with Gasteiger partial charge in [-0.25, -0.2) is 9.97 Å². The number of nitrogens with zero attached hydrogens (tertiary/aromatic N) is 3. The molecule has 1 aromatic rings. The Labute approximate surface area is 109 Å². The average Bonchev–Trinajstić information content (AvgIpc) is 3.21. The number of hydrogen-bond donors (Lipinski definition) is 1. The van der Waals surface area contributed by atoms with Crippen LogP contribution in [0.25, 0.3) is 0 Å². The molecule has 1 aliphatic rings. The molecule has 0 amide bonds. The number of rotatable bonds is 8. The van der Waals surface area contributed by atoms with Crippen LogP contribution in [0.4, 0.5) is 5.95 Å². The molecule has 0 unspecified atom stereocenters. The summed E-state index contributed by atoms with van der Waals surface area (Å²) in [5.41, 5.74) is 1.15. The second kappa shape index (κ2) is 6.66. The SMILES string of the molecule is COCCCN(C)c1ncc(CNC2CC2)cn1. The molecule has 0 aromatic carbocycles. The zero-order valence-electron chi connectivity index (χ0n) is 11.2. The standard InChI is InChI=1S/C13H22N4O/c1-17(6-3-7-18-2)13-15-9-11(10-16-13)8-14-12-4-5-12/h9-10,12,14H,3-8H2,1-2H3. The Morgan fingerprint density at radius 2 is 2.11 bits per heavy atom. The summed E-state index contributed by atoms with van der Waals surface area (Å²) in [6.45, 7) is 2.56. The first-order valence-corrected chi connectivity index (χ1v) is 6.54. The van der Waals surface area contributed by atoms with Crippen molar-refractivity contribution in [2.45, 2.75) is 31.8 Å². The first-order chi connectivity index (χ1) is 8.79. The number of hydrogen-bond acceptors (Lipinski definition) is 5. The topological polar surface area (TPSA) is 50.3 Å². The zero-order valence-corrected chi connectivity index (χ0v) is 11.2. The highest BCUT2D eigenvalue weighted by molar-refractivity contribution is 5.28. The Balaban J connectivity index is 1.77. The van der Waals surface area contributed by atoms with E-state index in [9.17, 15) is 0 Å². The normalized spacial score (nSPS) is 14.8. The predicted molar refractivity (Wildman–Crippen MR) is 71.7 cm³/mol. The summed E-state index contributed by atoms with van der Waals surface area (Å²) < 4.78 is 5.03. The number of aromatic nitrogens is 2. The molecule has 2 rings (SSSR count). The van der Waals surface area contributed by atoms with E-state index in [0.29, 0.717) is 0 Å². The van der Waals surface area contributed by atoms with Crippen molar-refractivity contribution in [3.63, 3.8) is 0 Å². The van der Waals surface area contributed by atoms with Gasteiger partial charge in [-0.05, 0) is 19.3 Å². The molecule has 1 saturated carbocycles. The molecule has 0 bridgehead atoms. The summed E-state index contributed by atoms with van der Waals surface area (Å²) in [7, 11) is 3.73. The van der Waals surface area contributed by atoms with Crippen LogP contribution in [0.1, 0.15) is 24.8 Å². The summed E-state index contributed by atoms with van der Waals surface area (Å²) in [4.78, 5) is 10.8. The molecular weight excluding hydrogens is 228 g/mol. The van der Waals surface area contributed by atoms with E-state index in [1.807, 2.05) is 19.4 Å². The fourth-order valence-electron chi connectivity index (χ4n) is 1.73. The molecule has 1 N–H and O–H groups in total. The van der Waals surface area contributed by atoms with E-state index >= 15 is 0 Å². The van der Waals surface area contributed by atoms with E-state index in [1.54, 1.807) is 7.11 Å². The van der Waals surface area contributed by atoms with Crippen molar-refractivity contribution in [2.75, 3.05) is 32.2 Å². The van der Waals surface area contributed by atoms with Crippen LogP contribution in [-0.2, 0) is 11.3 Å². The van der Waals surface area contributed by atoms with E-state index in [1.165, 1.54) is 12.8 Å². The second-order valence-corrected chi connectivity index (χ2v) is 4.81. The van der Waals surface area contributed by atoms with Crippen LogP contribution in [0.15, 0.2) is 12.4 Å². The molecule has 0 saturated heterocycles. The van der Waals surface area contributed by atoms with Crippen LogP contribution in [0.3, 0.4) is 0 Å². The Hall–Kier alpha value is -1.20.